The van der Waals surface area contributed by atoms with Crippen LogP contribution in [0.3, 0.4) is 0 Å². The van der Waals surface area contributed by atoms with Crippen LogP contribution in [-0.2, 0) is 15.8 Å². The average molecular weight is 364 g/mol. The Morgan fingerprint density at radius 3 is 2.44 bits per heavy atom. The Morgan fingerprint density at radius 2 is 1.88 bits per heavy atom. The zero-order valence-electron chi connectivity index (χ0n) is 14.0. The highest BCUT2D eigenvalue weighted by Gasteiger charge is 2.19. The highest BCUT2D eigenvalue weighted by Crippen LogP contribution is 2.22. The number of benzene rings is 2. The van der Waals surface area contributed by atoms with E-state index >= 15 is 0 Å². The van der Waals surface area contributed by atoms with Gasteiger partial charge in [-0.25, -0.2) is 13.1 Å². The van der Waals surface area contributed by atoms with Crippen LogP contribution in [0.5, 0.6) is 5.75 Å². The van der Waals surface area contributed by atoms with Gasteiger partial charge in [0.25, 0.3) is 5.69 Å². The maximum atomic E-state index is 12.4. The fourth-order valence-corrected chi connectivity index (χ4v) is 3.90. The summed E-state index contributed by atoms with van der Waals surface area (Å²) in [6.07, 6.45) is 0.570. The van der Waals surface area contributed by atoms with Crippen LogP contribution in [0.15, 0.2) is 48.5 Å². The second-order valence-electron chi connectivity index (χ2n) is 5.54. The first-order valence-corrected chi connectivity index (χ1v) is 9.37. The fraction of sp³-hybridized carbons (Fsp3) is 0.294. The van der Waals surface area contributed by atoms with Gasteiger partial charge in [-0.05, 0) is 29.7 Å². The van der Waals surface area contributed by atoms with Crippen LogP contribution in [-0.4, -0.2) is 20.5 Å². The van der Waals surface area contributed by atoms with Crippen LogP contribution >= 0.6 is 0 Å². The zero-order chi connectivity index (χ0) is 18.4. The van der Waals surface area contributed by atoms with Gasteiger partial charge in [0.1, 0.15) is 5.75 Å². The number of hydrogen-bond acceptors (Lipinski definition) is 5. The van der Waals surface area contributed by atoms with Gasteiger partial charge >= 0.3 is 0 Å². The minimum absolute atomic E-state index is 0.130. The molecule has 0 aromatic heterocycles. The number of nitro groups is 1. The normalized spacial score (nSPS) is 12.6. The Hall–Kier alpha value is -2.45. The number of hydrogen-bond donors (Lipinski definition) is 1. The molecule has 1 atom stereocenters. The van der Waals surface area contributed by atoms with E-state index in [9.17, 15) is 18.5 Å². The van der Waals surface area contributed by atoms with Crippen LogP contribution in [0, 0.1) is 10.1 Å². The molecule has 0 unspecified atom stereocenters. The van der Waals surface area contributed by atoms with Gasteiger partial charge in [0.15, 0.2) is 0 Å². The number of methoxy groups -OCH3 is 1. The van der Waals surface area contributed by atoms with E-state index in [-0.39, 0.29) is 17.5 Å². The summed E-state index contributed by atoms with van der Waals surface area (Å²) in [5, 5.41) is 10.8. The van der Waals surface area contributed by atoms with E-state index in [0.717, 1.165) is 5.56 Å². The summed E-state index contributed by atoms with van der Waals surface area (Å²) in [5.74, 6) is 0.375. The molecule has 0 spiro atoms. The summed E-state index contributed by atoms with van der Waals surface area (Å²) in [4.78, 5) is 10.3. The Balaban J connectivity index is 2.15. The molecule has 1 N–H and O–H groups in total. The van der Waals surface area contributed by atoms with Crippen LogP contribution < -0.4 is 9.46 Å². The summed E-state index contributed by atoms with van der Waals surface area (Å²) in [7, 11) is -2.09. The summed E-state index contributed by atoms with van der Waals surface area (Å²) in [6, 6.07) is 12.4. The molecule has 25 heavy (non-hydrogen) atoms. The monoisotopic (exact) mass is 364 g/mol. The van der Waals surface area contributed by atoms with E-state index in [2.05, 4.69) is 4.72 Å². The van der Waals surface area contributed by atoms with Gasteiger partial charge in [0.2, 0.25) is 10.0 Å². The van der Waals surface area contributed by atoms with Crippen molar-refractivity contribution in [1.29, 1.82) is 0 Å². The molecule has 2 aromatic rings. The SMILES string of the molecule is CC[C@H](NS(=O)(=O)Cc1cccc([N+](=O)[O-])c1)c1ccc(OC)cc1. The molecule has 2 rings (SSSR count). The number of nitrogens with one attached hydrogen (secondary N) is 1. The van der Waals surface area contributed by atoms with Crippen molar-refractivity contribution in [2.24, 2.45) is 0 Å². The topological polar surface area (TPSA) is 98.5 Å². The lowest BCUT2D eigenvalue weighted by Crippen LogP contribution is -2.29. The van der Waals surface area contributed by atoms with E-state index < -0.39 is 14.9 Å². The molecule has 0 aliphatic carbocycles. The van der Waals surface area contributed by atoms with Crippen LogP contribution in [0.2, 0.25) is 0 Å². The van der Waals surface area contributed by atoms with Gasteiger partial charge in [-0.2, -0.15) is 0 Å². The van der Waals surface area contributed by atoms with Crippen molar-refractivity contribution in [3.05, 3.63) is 69.8 Å². The lowest BCUT2D eigenvalue weighted by atomic mass is 10.1. The number of rotatable bonds is 8. The molecule has 134 valence electrons. The average Bonchev–Trinajstić information content (AvgIpc) is 2.59. The number of nitro benzene ring substituents is 1. The third-order valence-corrected chi connectivity index (χ3v) is 5.08. The van der Waals surface area contributed by atoms with Crippen molar-refractivity contribution < 1.29 is 18.1 Å². The van der Waals surface area contributed by atoms with E-state index in [1.165, 1.54) is 18.2 Å². The third-order valence-electron chi connectivity index (χ3n) is 3.73. The summed E-state index contributed by atoms with van der Waals surface area (Å²) < 4.78 is 32.6. The Kier molecular flexibility index (Phi) is 6.11. The molecule has 0 saturated heterocycles. The molecule has 0 aliphatic heterocycles. The molecule has 0 fully saturated rings. The predicted molar refractivity (Wildman–Crippen MR) is 94.9 cm³/mol. The van der Waals surface area contributed by atoms with Crippen molar-refractivity contribution >= 4 is 15.7 Å². The third kappa shape index (κ3) is 5.27. The van der Waals surface area contributed by atoms with Crippen molar-refractivity contribution in [3.63, 3.8) is 0 Å². The maximum absolute atomic E-state index is 12.4. The van der Waals surface area contributed by atoms with Gasteiger partial charge in [0, 0.05) is 18.2 Å². The van der Waals surface area contributed by atoms with Crippen LogP contribution in [0.1, 0.15) is 30.5 Å². The number of nitrogens with zero attached hydrogens (tertiary/aromatic N) is 1. The molecular formula is C17H20N2O5S. The molecular weight excluding hydrogens is 344 g/mol. The van der Waals surface area contributed by atoms with Crippen molar-refractivity contribution in [2.45, 2.75) is 25.1 Å². The zero-order valence-corrected chi connectivity index (χ0v) is 14.8. The van der Waals surface area contributed by atoms with E-state index in [0.29, 0.717) is 17.7 Å². The first-order valence-electron chi connectivity index (χ1n) is 7.72. The molecule has 0 aliphatic rings. The number of non-ortho nitro benzene ring substituents is 1. The molecule has 0 radical (unpaired) electrons. The van der Waals surface area contributed by atoms with Crippen LogP contribution in [0.4, 0.5) is 5.69 Å². The summed E-state index contributed by atoms with van der Waals surface area (Å²) >= 11 is 0. The largest absolute Gasteiger partial charge is 0.497 e. The molecule has 2 aromatic carbocycles. The quantitative estimate of drug-likeness (QED) is 0.573. The van der Waals surface area contributed by atoms with Crippen molar-refractivity contribution in [1.82, 2.24) is 4.72 Å². The second-order valence-corrected chi connectivity index (χ2v) is 7.29. The fourth-order valence-electron chi connectivity index (χ4n) is 2.46. The first-order chi connectivity index (χ1) is 11.8. The Labute approximate surface area is 146 Å². The highest BCUT2D eigenvalue weighted by atomic mass is 32.2. The Bertz CT molecular complexity index is 834. The lowest BCUT2D eigenvalue weighted by molar-refractivity contribution is -0.384. The van der Waals surface area contributed by atoms with E-state index in [1.807, 2.05) is 19.1 Å². The molecule has 0 heterocycles. The molecule has 7 nitrogen and oxygen atoms in total. The van der Waals surface area contributed by atoms with Gasteiger partial charge in [-0.1, -0.05) is 31.2 Å². The molecule has 0 saturated carbocycles. The van der Waals surface area contributed by atoms with Gasteiger partial charge < -0.3 is 4.74 Å². The molecule has 0 bridgehead atoms. The smallest absolute Gasteiger partial charge is 0.269 e. The summed E-state index contributed by atoms with van der Waals surface area (Å²) in [6.45, 7) is 1.88. The van der Waals surface area contributed by atoms with Crippen LogP contribution in [0.25, 0.3) is 0 Å². The minimum atomic E-state index is -3.66. The van der Waals surface area contributed by atoms with E-state index in [4.69, 9.17) is 4.74 Å². The van der Waals surface area contributed by atoms with Crippen molar-refractivity contribution in [3.8, 4) is 5.75 Å². The predicted octanol–water partition coefficient (Wildman–Crippen LogP) is 3.17. The first kappa shape index (κ1) is 18.9. The lowest BCUT2D eigenvalue weighted by Gasteiger charge is -2.18. The maximum Gasteiger partial charge on any atom is 0.269 e. The highest BCUT2D eigenvalue weighted by molar-refractivity contribution is 7.88. The van der Waals surface area contributed by atoms with Gasteiger partial charge in [-0.15, -0.1) is 0 Å². The molecule has 0 amide bonds. The number of sulfonamides is 1. The van der Waals surface area contributed by atoms with E-state index in [1.54, 1.807) is 25.3 Å². The molecule has 8 heteroatoms. The minimum Gasteiger partial charge on any atom is -0.497 e. The number of ether oxygens (including phenoxy) is 1. The standard InChI is InChI=1S/C17H20N2O5S/c1-3-17(14-7-9-16(24-2)10-8-14)18-25(22,23)12-13-5-4-6-15(11-13)19(20)21/h4-11,17-18H,3,12H2,1-2H3/t17-/m0/s1. The second kappa shape index (κ2) is 8.09. The van der Waals surface area contributed by atoms with Gasteiger partial charge in [-0.3, -0.25) is 10.1 Å². The van der Waals surface area contributed by atoms with Crippen molar-refractivity contribution in [2.75, 3.05) is 7.11 Å². The Morgan fingerprint density at radius 1 is 1.20 bits per heavy atom. The van der Waals surface area contributed by atoms with Gasteiger partial charge in [0.05, 0.1) is 17.8 Å². The summed E-state index contributed by atoms with van der Waals surface area (Å²) in [5.41, 5.74) is 1.06.